The van der Waals surface area contributed by atoms with Crippen LogP contribution in [-0.2, 0) is 14.8 Å². The first-order chi connectivity index (χ1) is 10.1. The fraction of sp³-hybridized carbons (Fsp3) is 0.600. The van der Waals surface area contributed by atoms with E-state index in [1.165, 1.54) is 4.31 Å². The number of nitrogens with zero attached hydrogens (tertiary/aromatic N) is 1. The van der Waals surface area contributed by atoms with E-state index in [0.717, 1.165) is 31.7 Å². The van der Waals surface area contributed by atoms with E-state index in [0.29, 0.717) is 18.0 Å². The SMILES string of the molecule is CCNc1ccc(S(=O)(=O)N(CC)CC2CCCO2)cc1. The van der Waals surface area contributed by atoms with E-state index in [1.807, 2.05) is 13.8 Å². The van der Waals surface area contributed by atoms with Gasteiger partial charge in [-0.1, -0.05) is 6.92 Å². The highest BCUT2D eigenvalue weighted by atomic mass is 32.2. The molecule has 0 bridgehead atoms. The standard InChI is InChI=1S/C15H24N2O3S/c1-3-16-13-7-9-15(10-8-13)21(18,19)17(4-2)12-14-6-5-11-20-14/h7-10,14,16H,3-6,11-12H2,1-2H3. The molecule has 1 aliphatic rings. The van der Waals surface area contributed by atoms with Crippen molar-refractivity contribution in [2.45, 2.75) is 37.7 Å². The van der Waals surface area contributed by atoms with Crippen molar-refractivity contribution in [1.82, 2.24) is 4.31 Å². The highest BCUT2D eigenvalue weighted by Gasteiger charge is 2.27. The van der Waals surface area contributed by atoms with Crippen LogP contribution in [0.2, 0.25) is 0 Å². The normalized spacial score (nSPS) is 19.1. The van der Waals surface area contributed by atoms with E-state index in [1.54, 1.807) is 24.3 Å². The third-order valence-corrected chi connectivity index (χ3v) is 5.61. The van der Waals surface area contributed by atoms with E-state index in [9.17, 15) is 8.42 Å². The molecule has 1 unspecified atom stereocenters. The predicted octanol–water partition coefficient (Wildman–Crippen LogP) is 2.31. The Hall–Kier alpha value is -1.11. The summed E-state index contributed by atoms with van der Waals surface area (Å²) in [6.45, 7) is 6.31. The zero-order chi connectivity index (χ0) is 15.3. The Balaban J connectivity index is 2.13. The van der Waals surface area contributed by atoms with E-state index < -0.39 is 10.0 Å². The van der Waals surface area contributed by atoms with Crippen LogP contribution >= 0.6 is 0 Å². The van der Waals surface area contributed by atoms with Gasteiger partial charge in [-0.2, -0.15) is 4.31 Å². The van der Waals surface area contributed by atoms with Crippen molar-refractivity contribution < 1.29 is 13.2 Å². The number of ether oxygens (including phenoxy) is 1. The van der Waals surface area contributed by atoms with Crippen molar-refractivity contribution in [2.75, 3.05) is 31.6 Å². The summed E-state index contributed by atoms with van der Waals surface area (Å²) in [5, 5.41) is 3.16. The third-order valence-electron chi connectivity index (χ3n) is 3.66. The maximum atomic E-state index is 12.7. The van der Waals surface area contributed by atoms with Crippen molar-refractivity contribution >= 4 is 15.7 Å². The fourth-order valence-corrected chi connectivity index (χ4v) is 3.99. The Morgan fingerprint density at radius 3 is 2.52 bits per heavy atom. The smallest absolute Gasteiger partial charge is 0.243 e. The van der Waals surface area contributed by atoms with Crippen LogP contribution in [0.15, 0.2) is 29.2 Å². The number of hydrogen-bond acceptors (Lipinski definition) is 4. The summed E-state index contributed by atoms with van der Waals surface area (Å²) >= 11 is 0. The molecule has 0 amide bonds. The van der Waals surface area contributed by atoms with E-state index in [4.69, 9.17) is 4.74 Å². The van der Waals surface area contributed by atoms with E-state index in [2.05, 4.69) is 5.32 Å². The minimum Gasteiger partial charge on any atom is -0.385 e. The quantitative estimate of drug-likeness (QED) is 0.839. The molecule has 5 nitrogen and oxygen atoms in total. The van der Waals surface area contributed by atoms with Crippen LogP contribution < -0.4 is 5.32 Å². The van der Waals surface area contributed by atoms with Crippen LogP contribution in [0.25, 0.3) is 0 Å². The predicted molar refractivity (Wildman–Crippen MR) is 84.0 cm³/mol. The molecule has 1 saturated heterocycles. The van der Waals surface area contributed by atoms with Gasteiger partial charge in [-0.3, -0.25) is 0 Å². The van der Waals surface area contributed by atoms with Gasteiger partial charge in [0.25, 0.3) is 0 Å². The Morgan fingerprint density at radius 2 is 2.00 bits per heavy atom. The molecule has 0 aliphatic carbocycles. The molecule has 1 aliphatic heterocycles. The van der Waals surface area contributed by atoms with Crippen LogP contribution in [0.1, 0.15) is 26.7 Å². The fourth-order valence-electron chi connectivity index (χ4n) is 2.51. The molecular formula is C15H24N2O3S. The van der Waals surface area contributed by atoms with Gasteiger partial charge in [0.1, 0.15) is 0 Å². The maximum absolute atomic E-state index is 12.7. The van der Waals surface area contributed by atoms with Crippen molar-refractivity contribution in [3.63, 3.8) is 0 Å². The van der Waals surface area contributed by atoms with E-state index >= 15 is 0 Å². The zero-order valence-electron chi connectivity index (χ0n) is 12.7. The lowest BCUT2D eigenvalue weighted by molar-refractivity contribution is 0.0947. The Labute approximate surface area is 127 Å². The average molecular weight is 312 g/mol. The third kappa shape index (κ3) is 3.96. The largest absolute Gasteiger partial charge is 0.385 e. The summed E-state index contributed by atoms with van der Waals surface area (Å²) in [5.74, 6) is 0. The van der Waals surface area contributed by atoms with Crippen molar-refractivity contribution in [2.24, 2.45) is 0 Å². The molecule has 1 aromatic carbocycles. The highest BCUT2D eigenvalue weighted by molar-refractivity contribution is 7.89. The Morgan fingerprint density at radius 1 is 1.29 bits per heavy atom. The molecule has 0 radical (unpaired) electrons. The lowest BCUT2D eigenvalue weighted by Gasteiger charge is -2.23. The Kier molecular flexibility index (Phi) is 5.61. The molecular weight excluding hydrogens is 288 g/mol. The van der Waals surface area contributed by atoms with Crippen LogP contribution in [0, 0.1) is 0 Å². The molecule has 118 valence electrons. The lowest BCUT2D eigenvalue weighted by Crippen LogP contribution is -2.37. The number of likely N-dealkylation sites (N-methyl/N-ethyl adjacent to an activating group) is 1. The van der Waals surface area contributed by atoms with Gasteiger partial charge in [0.2, 0.25) is 10.0 Å². The van der Waals surface area contributed by atoms with Gasteiger partial charge >= 0.3 is 0 Å². The van der Waals surface area contributed by atoms with Crippen LogP contribution in [0.4, 0.5) is 5.69 Å². The minimum atomic E-state index is -3.44. The van der Waals surface area contributed by atoms with Gasteiger partial charge in [-0.05, 0) is 44.0 Å². The van der Waals surface area contributed by atoms with Crippen molar-refractivity contribution in [3.8, 4) is 0 Å². The summed E-state index contributed by atoms with van der Waals surface area (Å²) in [6, 6.07) is 6.92. The second-order valence-corrected chi connectivity index (χ2v) is 7.08. The first-order valence-electron chi connectivity index (χ1n) is 7.53. The Bertz CT molecular complexity index is 537. The lowest BCUT2D eigenvalue weighted by atomic mass is 10.2. The first kappa shape index (κ1) is 16.3. The van der Waals surface area contributed by atoms with Gasteiger partial charge in [-0.25, -0.2) is 8.42 Å². The zero-order valence-corrected chi connectivity index (χ0v) is 13.5. The number of rotatable bonds is 7. The van der Waals surface area contributed by atoms with Crippen LogP contribution in [0.3, 0.4) is 0 Å². The average Bonchev–Trinajstić information content (AvgIpc) is 2.98. The topological polar surface area (TPSA) is 58.6 Å². The van der Waals surface area contributed by atoms with Gasteiger partial charge in [0, 0.05) is 31.9 Å². The second kappa shape index (κ2) is 7.24. The van der Waals surface area contributed by atoms with Crippen LogP contribution in [-0.4, -0.2) is 45.1 Å². The molecule has 1 aromatic rings. The maximum Gasteiger partial charge on any atom is 0.243 e. The highest BCUT2D eigenvalue weighted by Crippen LogP contribution is 2.21. The number of benzene rings is 1. The number of nitrogens with one attached hydrogen (secondary N) is 1. The molecule has 1 fully saturated rings. The summed E-state index contributed by atoms with van der Waals surface area (Å²) < 4.78 is 32.4. The summed E-state index contributed by atoms with van der Waals surface area (Å²) in [4.78, 5) is 0.337. The summed E-state index contributed by atoms with van der Waals surface area (Å²) in [5.41, 5.74) is 0.929. The first-order valence-corrected chi connectivity index (χ1v) is 8.97. The molecule has 1 heterocycles. The van der Waals surface area contributed by atoms with Gasteiger partial charge in [-0.15, -0.1) is 0 Å². The van der Waals surface area contributed by atoms with Gasteiger partial charge < -0.3 is 10.1 Å². The van der Waals surface area contributed by atoms with Gasteiger partial charge in [0.15, 0.2) is 0 Å². The van der Waals surface area contributed by atoms with E-state index in [-0.39, 0.29) is 6.10 Å². The van der Waals surface area contributed by atoms with Crippen molar-refractivity contribution in [3.05, 3.63) is 24.3 Å². The summed E-state index contributed by atoms with van der Waals surface area (Å²) in [6.07, 6.45) is 1.98. The number of anilines is 1. The molecule has 0 saturated carbocycles. The molecule has 2 rings (SSSR count). The van der Waals surface area contributed by atoms with Crippen molar-refractivity contribution in [1.29, 1.82) is 0 Å². The monoisotopic (exact) mass is 312 g/mol. The molecule has 21 heavy (non-hydrogen) atoms. The molecule has 1 atom stereocenters. The molecule has 1 N–H and O–H groups in total. The molecule has 6 heteroatoms. The number of hydrogen-bond donors (Lipinski definition) is 1. The molecule has 0 aromatic heterocycles. The van der Waals surface area contributed by atoms with Crippen LogP contribution in [0.5, 0.6) is 0 Å². The number of sulfonamides is 1. The van der Waals surface area contributed by atoms with Gasteiger partial charge in [0.05, 0.1) is 11.0 Å². The second-order valence-electron chi connectivity index (χ2n) is 5.15. The molecule has 0 spiro atoms. The minimum absolute atomic E-state index is 0.0285. The summed E-state index contributed by atoms with van der Waals surface area (Å²) in [7, 11) is -3.44.